The van der Waals surface area contributed by atoms with Crippen LogP contribution in [-0.4, -0.2) is 44.5 Å². The van der Waals surface area contributed by atoms with Crippen molar-refractivity contribution in [1.82, 2.24) is 5.32 Å². The molecule has 1 aliphatic heterocycles. The van der Waals surface area contributed by atoms with E-state index in [2.05, 4.69) is 5.32 Å². The summed E-state index contributed by atoms with van der Waals surface area (Å²) in [6.45, 7) is 7.26. The maximum absolute atomic E-state index is 11.7. The summed E-state index contributed by atoms with van der Waals surface area (Å²) in [5.74, 6) is 0.137. The van der Waals surface area contributed by atoms with E-state index in [9.17, 15) is 9.59 Å². The van der Waals surface area contributed by atoms with Gasteiger partial charge in [-0.3, -0.25) is 4.79 Å². The van der Waals surface area contributed by atoms with Gasteiger partial charge in [-0.05, 0) is 45.4 Å². The number of carbonyl (C=O) groups excluding carboxylic acids is 2. The second kappa shape index (κ2) is 8.22. The van der Waals surface area contributed by atoms with Crippen LogP contribution in [0.3, 0.4) is 0 Å². The third-order valence-corrected chi connectivity index (χ3v) is 3.50. The average molecular weight is 301 g/mol. The summed E-state index contributed by atoms with van der Waals surface area (Å²) in [6.07, 6.45) is 1.55. The minimum absolute atomic E-state index is 0.162. The third kappa shape index (κ3) is 7.32. The maximum atomic E-state index is 11.7. The topological polar surface area (TPSA) is 73.9 Å². The highest BCUT2D eigenvalue weighted by Gasteiger charge is 2.27. The number of nitrogens with one attached hydrogen (secondary N) is 1. The molecule has 0 aromatic heterocycles. The summed E-state index contributed by atoms with van der Waals surface area (Å²) in [4.78, 5) is 23.2. The van der Waals surface area contributed by atoms with Crippen LogP contribution in [0, 0.1) is 11.8 Å². The first-order valence-corrected chi connectivity index (χ1v) is 7.43. The molecule has 2 atom stereocenters. The molecule has 0 radical (unpaired) electrons. The molecule has 0 spiro atoms. The molecule has 0 aliphatic carbocycles. The second-order valence-electron chi connectivity index (χ2n) is 6.37. The monoisotopic (exact) mass is 301 g/mol. The van der Waals surface area contributed by atoms with Crippen LogP contribution in [0.25, 0.3) is 0 Å². The molecule has 0 unspecified atom stereocenters. The fourth-order valence-corrected chi connectivity index (χ4v) is 2.41. The van der Waals surface area contributed by atoms with Crippen LogP contribution in [0.1, 0.15) is 40.0 Å². The summed E-state index contributed by atoms with van der Waals surface area (Å²) in [5, 5.41) is 2.79. The minimum Gasteiger partial charge on any atom is -0.469 e. The summed E-state index contributed by atoms with van der Waals surface area (Å²) in [6, 6.07) is 0. The first-order valence-electron chi connectivity index (χ1n) is 7.43. The molecule has 1 rings (SSSR count). The lowest BCUT2D eigenvalue weighted by molar-refractivity contribution is -0.142. The molecule has 122 valence electrons. The first kappa shape index (κ1) is 17.8. The van der Waals surface area contributed by atoms with Crippen molar-refractivity contribution in [1.29, 1.82) is 0 Å². The smallest absolute Gasteiger partial charge is 0.407 e. The van der Waals surface area contributed by atoms with Crippen molar-refractivity contribution in [2.45, 2.75) is 45.6 Å². The van der Waals surface area contributed by atoms with Crippen molar-refractivity contribution < 1.29 is 23.8 Å². The molecule has 1 amide bonds. The molecule has 6 nitrogen and oxygen atoms in total. The molecule has 21 heavy (non-hydrogen) atoms. The van der Waals surface area contributed by atoms with Crippen LogP contribution in [0.5, 0.6) is 0 Å². The van der Waals surface area contributed by atoms with Crippen molar-refractivity contribution in [3.05, 3.63) is 0 Å². The van der Waals surface area contributed by atoms with Gasteiger partial charge in [0.25, 0.3) is 0 Å². The van der Waals surface area contributed by atoms with E-state index in [1.807, 2.05) is 20.8 Å². The van der Waals surface area contributed by atoms with E-state index in [4.69, 9.17) is 14.2 Å². The van der Waals surface area contributed by atoms with Crippen LogP contribution in [0.15, 0.2) is 0 Å². The van der Waals surface area contributed by atoms with Gasteiger partial charge < -0.3 is 19.5 Å². The lowest BCUT2D eigenvalue weighted by atomic mass is 9.85. The standard InChI is InChI=1S/C15H27NO5/c1-15(2,3)21-14(18)16-10-12-6-8-20-7-5-11(12)9-13(17)19-4/h11-12H,5-10H2,1-4H3,(H,16,18)/t11-,12-/m0/s1. The molecule has 1 heterocycles. The Morgan fingerprint density at radius 1 is 1.19 bits per heavy atom. The van der Waals surface area contributed by atoms with Gasteiger partial charge in [-0.25, -0.2) is 4.79 Å². The Morgan fingerprint density at radius 3 is 2.38 bits per heavy atom. The summed E-state index contributed by atoms with van der Waals surface area (Å²) in [7, 11) is 1.39. The van der Waals surface area contributed by atoms with E-state index in [0.717, 1.165) is 12.8 Å². The highest BCUT2D eigenvalue weighted by Crippen LogP contribution is 2.26. The lowest BCUT2D eigenvalue weighted by Gasteiger charge is -2.25. The highest BCUT2D eigenvalue weighted by molar-refractivity contribution is 5.69. The molecular weight excluding hydrogens is 274 g/mol. The molecule has 6 heteroatoms. The van der Waals surface area contributed by atoms with Gasteiger partial charge >= 0.3 is 12.1 Å². The average Bonchev–Trinajstić information content (AvgIpc) is 2.59. The Morgan fingerprint density at radius 2 is 1.81 bits per heavy atom. The molecule has 0 saturated carbocycles. The molecule has 1 aliphatic rings. The molecule has 1 N–H and O–H groups in total. The fourth-order valence-electron chi connectivity index (χ4n) is 2.41. The minimum atomic E-state index is -0.512. The van der Waals surface area contributed by atoms with E-state index in [-0.39, 0.29) is 17.8 Å². The number of alkyl carbamates (subject to hydrolysis) is 1. The van der Waals surface area contributed by atoms with Gasteiger partial charge in [0.15, 0.2) is 0 Å². The van der Waals surface area contributed by atoms with Gasteiger partial charge in [-0.15, -0.1) is 0 Å². The summed E-state index contributed by atoms with van der Waals surface area (Å²) in [5.41, 5.74) is -0.512. The van der Waals surface area contributed by atoms with E-state index in [1.54, 1.807) is 0 Å². The number of carbonyl (C=O) groups is 2. The van der Waals surface area contributed by atoms with Crippen LogP contribution in [-0.2, 0) is 19.0 Å². The summed E-state index contributed by atoms with van der Waals surface area (Å²) >= 11 is 0. The summed E-state index contributed by atoms with van der Waals surface area (Å²) < 4.78 is 15.4. The quantitative estimate of drug-likeness (QED) is 0.805. The Balaban J connectivity index is 2.51. The lowest BCUT2D eigenvalue weighted by Crippen LogP contribution is -2.37. The van der Waals surface area contributed by atoms with E-state index in [0.29, 0.717) is 26.2 Å². The highest BCUT2D eigenvalue weighted by atomic mass is 16.6. The van der Waals surface area contributed by atoms with E-state index < -0.39 is 11.7 Å². The predicted octanol–water partition coefficient (Wildman–Crippen LogP) is 2.12. The van der Waals surface area contributed by atoms with Crippen LogP contribution in [0.2, 0.25) is 0 Å². The number of amides is 1. The third-order valence-electron chi connectivity index (χ3n) is 3.50. The molecule has 1 saturated heterocycles. The van der Waals surface area contributed by atoms with E-state index in [1.165, 1.54) is 7.11 Å². The molecule has 0 aromatic rings. The number of hydrogen-bond donors (Lipinski definition) is 1. The number of methoxy groups -OCH3 is 1. The molecule has 0 bridgehead atoms. The molecular formula is C15H27NO5. The largest absolute Gasteiger partial charge is 0.469 e. The Labute approximate surface area is 126 Å². The van der Waals surface area contributed by atoms with Crippen molar-refractivity contribution in [2.24, 2.45) is 11.8 Å². The van der Waals surface area contributed by atoms with Crippen molar-refractivity contribution in [3.8, 4) is 0 Å². The zero-order valence-electron chi connectivity index (χ0n) is 13.4. The fraction of sp³-hybridized carbons (Fsp3) is 0.867. The molecule has 0 aromatic carbocycles. The van der Waals surface area contributed by atoms with Gasteiger partial charge in [0.1, 0.15) is 5.60 Å². The molecule has 1 fully saturated rings. The van der Waals surface area contributed by atoms with Gasteiger partial charge in [0.05, 0.1) is 7.11 Å². The van der Waals surface area contributed by atoms with Crippen molar-refractivity contribution in [3.63, 3.8) is 0 Å². The Bertz CT molecular complexity index is 350. The number of ether oxygens (including phenoxy) is 3. The SMILES string of the molecule is COC(=O)C[C@@H]1CCOCC[C@H]1CNC(=O)OC(C)(C)C. The van der Waals surface area contributed by atoms with Crippen molar-refractivity contribution >= 4 is 12.1 Å². The van der Waals surface area contributed by atoms with Gasteiger partial charge in [0.2, 0.25) is 0 Å². The first-order chi connectivity index (χ1) is 9.81. The van der Waals surface area contributed by atoms with Gasteiger partial charge in [0, 0.05) is 26.2 Å². The van der Waals surface area contributed by atoms with Gasteiger partial charge in [-0.1, -0.05) is 0 Å². The van der Waals surface area contributed by atoms with Gasteiger partial charge in [-0.2, -0.15) is 0 Å². The second-order valence-corrected chi connectivity index (χ2v) is 6.37. The number of hydrogen-bond acceptors (Lipinski definition) is 5. The zero-order valence-corrected chi connectivity index (χ0v) is 13.4. The number of rotatable bonds is 4. The van der Waals surface area contributed by atoms with E-state index >= 15 is 0 Å². The number of esters is 1. The van der Waals surface area contributed by atoms with Crippen molar-refractivity contribution in [2.75, 3.05) is 26.9 Å². The zero-order chi connectivity index (χ0) is 15.9. The Kier molecular flexibility index (Phi) is 6.95. The van der Waals surface area contributed by atoms with Crippen LogP contribution >= 0.6 is 0 Å². The Hall–Kier alpha value is -1.30. The normalized spacial score (nSPS) is 23.0. The van der Waals surface area contributed by atoms with Crippen LogP contribution < -0.4 is 5.32 Å². The predicted molar refractivity (Wildman–Crippen MR) is 77.9 cm³/mol. The van der Waals surface area contributed by atoms with Crippen LogP contribution in [0.4, 0.5) is 4.79 Å². The maximum Gasteiger partial charge on any atom is 0.407 e.